The summed E-state index contributed by atoms with van der Waals surface area (Å²) in [5, 5.41) is 12.9. The maximum Gasteiger partial charge on any atom is 0.407 e. The number of carbonyl (C=O) groups is 1. The molecule has 5 heteroatoms. The van der Waals surface area contributed by atoms with Gasteiger partial charge in [-0.3, -0.25) is 0 Å². The van der Waals surface area contributed by atoms with E-state index in [1.807, 2.05) is 26.8 Å². The molecule has 2 unspecified atom stereocenters. The number of aliphatic hydroxyl groups is 1. The number of ether oxygens (including phenoxy) is 1. The topological polar surface area (TPSA) is 58.6 Å². The average Bonchev–Trinajstić information content (AvgIpc) is 2.51. The summed E-state index contributed by atoms with van der Waals surface area (Å²) < 4.78 is 6.29. The van der Waals surface area contributed by atoms with E-state index in [0.717, 1.165) is 10.9 Å². The van der Waals surface area contributed by atoms with Crippen LogP contribution >= 0.6 is 15.9 Å². The van der Waals surface area contributed by atoms with E-state index >= 15 is 0 Å². The van der Waals surface area contributed by atoms with Crippen molar-refractivity contribution in [3.8, 4) is 0 Å². The lowest BCUT2D eigenvalue weighted by atomic mass is 9.92. The van der Waals surface area contributed by atoms with Crippen LogP contribution in [-0.4, -0.2) is 28.9 Å². The highest BCUT2D eigenvalue weighted by Crippen LogP contribution is 2.39. The molecule has 0 aromatic rings. The van der Waals surface area contributed by atoms with Crippen molar-refractivity contribution in [3.05, 3.63) is 22.2 Å². The normalized spacial score (nSPS) is 30.3. The lowest BCUT2D eigenvalue weighted by molar-refractivity contribution is 0.0426. The Morgan fingerprint density at radius 1 is 1.53 bits per heavy atom. The number of nitrogens with one attached hydrogen (secondary N) is 1. The van der Waals surface area contributed by atoms with E-state index in [9.17, 15) is 9.90 Å². The van der Waals surface area contributed by atoms with Crippen LogP contribution in [0.25, 0.3) is 0 Å². The predicted molar refractivity (Wildman–Crippen MR) is 77.0 cm³/mol. The van der Waals surface area contributed by atoms with Gasteiger partial charge in [0.2, 0.25) is 0 Å². The number of hydrogen-bond acceptors (Lipinski definition) is 3. The third kappa shape index (κ3) is 3.60. The minimum Gasteiger partial charge on any atom is -0.444 e. The zero-order valence-corrected chi connectivity index (χ0v) is 13.0. The number of carbonyl (C=O) groups excluding carboxylic acids is 1. The molecule has 2 N–H and O–H groups in total. The molecule has 0 radical (unpaired) electrons. The zero-order chi connectivity index (χ0) is 14.2. The fraction of sp³-hybridized carbons (Fsp3) is 0.643. The highest BCUT2D eigenvalue weighted by atomic mass is 79.9. The van der Waals surface area contributed by atoms with Gasteiger partial charge in [-0.2, -0.15) is 0 Å². The second kappa shape index (κ2) is 5.29. The summed E-state index contributed by atoms with van der Waals surface area (Å²) >= 11 is 3.45. The van der Waals surface area contributed by atoms with Crippen LogP contribution in [0.15, 0.2) is 22.2 Å². The minimum absolute atomic E-state index is 0.170. The van der Waals surface area contributed by atoms with Crippen LogP contribution in [-0.2, 0) is 4.74 Å². The summed E-state index contributed by atoms with van der Waals surface area (Å²) in [6.07, 6.45) is 4.52. The molecule has 1 saturated carbocycles. The highest BCUT2D eigenvalue weighted by Gasteiger charge is 2.40. The summed E-state index contributed by atoms with van der Waals surface area (Å²) in [7, 11) is 0. The van der Waals surface area contributed by atoms with Crippen LogP contribution in [0.5, 0.6) is 0 Å². The van der Waals surface area contributed by atoms with Crippen molar-refractivity contribution >= 4 is 22.0 Å². The Kier molecular flexibility index (Phi) is 4.06. The molecule has 0 spiro atoms. The molecular weight excluding hydrogens is 310 g/mol. The molecule has 4 nitrogen and oxygen atoms in total. The molecule has 0 aliphatic heterocycles. The maximum absolute atomic E-state index is 11.8. The predicted octanol–water partition coefficient (Wildman–Crippen LogP) is 2.87. The van der Waals surface area contributed by atoms with Crippen LogP contribution in [0.4, 0.5) is 4.79 Å². The molecule has 0 saturated heterocycles. The Morgan fingerprint density at radius 2 is 2.21 bits per heavy atom. The second-order valence-electron chi connectivity index (χ2n) is 6.09. The molecule has 0 heterocycles. The third-order valence-corrected chi connectivity index (χ3v) is 3.90. The quantitative estimate of drug-likeness (QED) is 0.777. The van der Waals surface area contributed by atoms with Crippen molar-refractivity contribution in [2.45, 2.75) is 51.4 Å². The van der Waals surface area contributed by atoms with Crippen LogP contribution in [0.1, 0.15) is 33.6 Å². The summed E-state index contributed by atoms with van der Waals surface area (Å²) in [6.45, 7) is 5.47. The van der Waals surface area contributed by atoms with E-state index in [0.29, 0.717) is 6.42 Å². The van der Waals surface area contributed by atoms with Crippen molar-refractivity contribution < 1.29 is 14.6 Å². The lowest BCUT2D eigenvalue weighted by Gasteiger charge is -2.26. The number of hydrogen-bond donors (Lipinski definition) is 2. The summed E-state index contributed by atoms with van der Waals surface area (Å²) in [4.78, 5) is 11.8. The van der Waals surface area contributed by atoms with Gasteiger partial charge in [-0.1, -0.05) is 27.6 Å². The van der Waals surface area contributed by atoms with Crippen molar-refractivity contribution in [1.82, 2.24) is 5.32 Å². The Hall–Kier alpha value is -0.810. The van der Waals surface area contributed by atoms with E-state index in [-0.39, 0.29) is 12.0 Å². The van der Waals surface area contributed by atoms with Crippen molar-refractivity contribution in [1.29, 1.82) is 0 Å². The van der Waals surface area contributed by atoms with Crippen LogP contribution in [0.3, 0.4) is 0 Å². The standard InChI is InChI=1S/C14H20BrNO3/c1-14(2,3)19-13(18)16-12-10-5-4-9(15)6-8(10)7-11(12)17/h4,6,10-12,17H,5,7H2,1-3H3,(H,16,18)/t10?,11-,12?/m0/s1. The molecule has 1 amide bonds. The van der Waals surface area contributed by atoms with Gasteiger partial charge in [-0.25, -0.2) is 4.79 Å². The average molecular weight is 330 g/mol. The molecule has 2 aliphatic rings. The van der Waals surface area contributed by atoms with Gasteiger partial charge in [0, 0.05) is 10.4 Å². The Labute approximate surface area is 122 Å². The van der Waals surface area contributed by atoms with E-state index in [4.69, 9.17) is 4.74 Å². The molecule has 1 fully saturated rings. The van der Waals surface area contributed by atoms with Crippen LogP contribution < -0.4 is 5.32 Å². The molecule has 3 atom stereocenters. The first-order chi connectivity index (χ1) is 8.76. The van der Waals surface area contributed by atoms with Gasteiger partial charge in [-0.15, -0.1) is 0 Å². The molecular formula is C14H20BrNO3. The van der Waals surface area contributed by atoms with Crippen LogP contribution in [0, 0.1) is 5.92 Å². The number of rotatable bonds is 1. The Bertz CT molecular complexity index is 436. The summed E-state index contributed by atoms with van der Waals surface area (Å²) in [6, 6.07) is -0.266. The SMILES string of the molecule is CC(C)(C)OC(=O)NC1C2CC=C(Br)C=C2C[C@@H]1O. The molecule has 19 heavy (non-hydrogen) atoms. The van der Waals surface area contributed by atoms with Gasteiger partial charge >= 0.3 is 6.09 Å². The first kappa shape index (κ1) is 14.6. The first-order valence-electron chi connectivity index (χ1n) is 6.50. The van der Waals surface area contributed by atoms with E-state index in [1.165, 1.54) is 5.57 Å². The monoisotopic (exact) mass is 329 g/mol. The van der Waals surface area contributed by atoms with Gasteiger partial charge < -0.3 is 15.2 Å². The van der Waals surface area contributed by atoms with E-state index in [1.54, 1.807) is 0 Å². The Balaban J connectivity index is 2.02. The van der Waals surface area contributed by atoms with Gasteiger partial charge in [0.15, 0.2) is 0 Å². The third-order valence-electron chi connectivity index (χ3n) is 3.34. The lowest BCUT2D eigenvalue weighted by Crippen LogP contribution is -2.46. The first-order valence-corrected chi connectivity index (χ1v) is 7.29. The number of alkyl carbamates (subject to hydrolysis) is 1. The minimum atomic E-state index is -0.546. The summed E-state index contributed by atoms with van der Waals surface area (Å²) in [5.41, 5.74) is 0.657. The molecule has 0 bridgehead atoms. The molecule has 106 valence electrons. The van der Waals surface area contributed by atoms with Crippen molar-refractivity contribution in [3.63, 3.8) is 0 Å². The number of aliphatic hydroxyl groups excluding tert-OH is 1. The van der Waals surface area contributed by atoms with Gasteiger partial charge in [-0.05, 0) is 39.7 Å². The van der Waals surface area contributed by atoms with Gasteiger partial charge in [0.05, 0.1) is 12.1 Å². The fourth-order valence-electron chi connectivity index (χ4n) is 2.60. The maximum atomic E-state index is 11.8. The molecule has 0 aromatic carbocycles. The van der Waals surface area contributed by atoms with Crippen molar-refractivity contribution in [2.75, 3.05) is 0 Å². The zero-order valence-electron chi connectivity index (χ0n) is 11.4. The second-order valence-corrected chi connectivity index (χ2v) is 7.01. The molecule has 0 aromatic heterocycles. The molecule has 2 aliphatic carbocycles. The van der Waals surface area contributed by atoms with Gasteiger partial charge in [0.25, 0.3) is 0 Å². The summed E-state index contributed by atoms with van der Waals surface area (Å²) in [5.74, 6) is 0.170. The Morgan fingerprint density at radius 3 is 2.84 bits per heavy atom. The number of halogens is 1. The fourth-order valence-corrected chi connectivity index (χ4v) is 3.08. The van der Waals surface area contributed by atoms with Crippen LogP contribution in [0.2, 0.25) is 0 Å². The van der Waals surface area contributed by atoms with Gasteiger partial charge in [0.1, 0.15) is 5.60 Å². The largest absolute Gasteiger partial charge is 0.444 e. The van der Waals surface area contributed by atoms with E-state index in [2.05, 4.69) is 27.3 Å². The molecule has 2 rings (SSSR count). The number of allylic oxidation sites excluding steroid dienone is 3. The number of fused-ring (bicyclic) bond motifs is 1. The number of amides is 1. The van der Waals surface area contributed by atoms with Crippen molar-refractivity contribution in [2.24, 2.45) is 5.92 Å². The highest BCUT2D eigenvalue weighted by molar-refractivity contribution is 9.11. The van der Waals surface area contributed by atoms with E-state index < -0.39 is 17.8 Å². The smallest absolute Gasteiger partial charge is 0.407 e.